The minimum absolute atomic E-state index is 1.28. The molecule has 78 valence electrons. The Morgan fingerprint density at radius 3 is 2.50 bits per heavy atom. The van der Waals surface area contributed by atoms with Crippen LogP contribution in [0.3, 0.4) is 0 Å². The van der Waals surface area contributed by atoms with Crippen LogP contribution in [-0.4, -0.2) is 4.31 Å². The van der Waals surface area contributed by atoms with E-state index in [1.165, 1.54) is 37.7 Å². The first-order valence-electron chi connectivity index (χ1n) is 4.85. The highest BCUT2D eigenvalue weighted by Crippen LogP contribution is 2.10. The maximum absolute atomic E-state index is 3.96. The summed E-state index contributed by atoms with van der Waals surface area (Å²) in [5, 5.41) is 4.42. The van der Waals surface area contributed by atoms with Gasteiger partial charge in [0.25, 0.3) is 0 Å². The summed E-state index contributed by atoms with van der Waals surface area (Å²) in [5.41, 5.74) is 1.52. The molecule has 0 N–H and O–H groups in total. The van der Waals surface area contributed by atoms with Gasteiger partial charge in [0, 0.05) is 4.31 Å². The van der Waals surface area contributed by atoms with Crippen molar-refractivity contribution in [2.75, 3.05) is 0 Å². The highest BCUT2D eigenvalue weighted by atomic mass is 32.1. The second-order valence-electron chi connectivity index (χ2n) is 3.03. The zero-order chi connectivity index (χ0) is 10.6. The minimum atomic E-state index is 1.28. The van der Waals surface area contributed by atoms with Gasteiger partial charge in [-0.05, 0) is 59.7 Å². The standard InChI is InChI=1S/C10H16S.CS2/c1-2-3-4-5-6-10-7-8-11-9-10;2-1-3/h7-9H,2-6H2,1H3;. The fourth-order valence-electron chi connectivity index (χ4n) is 1.19. The minimum Gasteiger partial charge on any atom is -0.152 e. The van der Waals surface area contributed by atoms with Gasteiger partial charge in [-0.15, -0.1) is 0 Å². The molecule has 0 atom stereocenters. The Morgan fingerprint density at radius 2 is 2.00 bits per heavy atom. The van der Waals surface area contributed by atoms with Gasteiger partial charge in [0.1, 0.15) is 0 Å². The van der Waals surface area contributed by atoms with Crippen molar-refractivity contribution in [3.05, 3.63) is 22.4 Å². The lowest BCUT2D eigenvalue weighted by atomic mass is 10.1. The molecule has 0 aliphatic carbocycles. The summed E-state index contributed by atoms with van der Waals surface area (Å²) in [4.78, 5) is 0. The number of thiophene rings is 1. The molecular weight excluding hydrogens is 228 g/mol. The van der Waals surface area contributed by atoms with Gasteiger partial charge >= 0.3 is 0 Å². The summed E-state index contributed by atoms with van der Waals surface area (Å²) in [7, 11) is 0. The lowest BCUT2D eigenvalue weighted by Gasteiger charge is -1.96. The normalized spacial score (nSPS) is 8.64. The van der Waals surface area contributed by atoms with Crippen molar-refractivity contribution in [2.24, 2.45) is 0 Å². The third kappa shape index (κ3) is 8.52. The molecule has 0 saturated heterocycles. The lowest BCUT2D eigenvalue weighted by molar-refractivity contribution is 0.667. The summed E-state index contributed by atoms with van der Waals surface area (Å²) in [6, 6.07) is 2.23. The quantitative estimate of drug-likeness (QED) is 0.534. The lowest BCUT2D eigenvalue weighted by Crippen LogP contribution is -1.81. The molecule has 0 saturated carbocycles. The van der Waals surface area contributed by atoms with Gasteiger partial charge in [-0.2, -0.15) is 11.3 Å². The van der Waals surface area contributed by atoms with Crippen LogP contribution in [0.15, 0.2) is 16.8 Å². The van der Waals surface area contributed by atoms with Crippen molar-refractivity contribution in [3.63, 3.8) is 0 Å². The fraction of sp³-hybridized carbons (Fsp3) is 0.545. The molecule has 0 bridgehead atoms. The SMILES string of the molecule is CCCCCCc1ccsc1.S=C=S. The third-order valence-electron chi connectivity index (χ3n) is 1.90. The summed E-state index contributed by atoms with van der Waals surface area (Å²) in [5.74, 6) is 0. The van der Waals surface area contributed by atoms with Gasteiger partial charge in [-0.1, -0.05) is 26.2 Å². The molecule has 0 fully saturated rings. The molecule has 14 heavy (non-hydrogen) atoms. The average molecular weight is 244 g/mol. The molecule has 0 aromatic carbocycles. The number of unbranched alkanes of at least 4 members (excludes halogenated alkanes) is 3. The van der Waals surface area contributed by atoms with Crippen molar-refractivity contribution in [1.29, 1.82) is 0 Å². The van der Waals surface area contributed by atoms with Crippen molar-refractivity contribution < 1.29 is 0 Å². The van der Waals surface area contributed by atoms with Crippen molar-refractivity contribution in [1.82, 2.24) is 0 Å². The second kappa shape index (κ2) is 11.0. The third-order valence-corrected chi connectivity index (χ3v) is 2.63. The van der Waals surface area contributed by atoms with E-state index in [1.54, 1.807) is 11.3 Å². The predicted molar refractivity (Wildman–Crippen MR) is 72.4 cm³/mol. The molecule has 0 aliphatic heterocycles. The molecule has 1 rings (SSSR count). The Morgan fingerprint density at radius 1 is 1.29 bits per heavy atom. The van der Waals surface area contributed by atoms with Gasteiger partial charge in [0.05, 0.1) is 0 Å². The molecule has 0 amide bonds. The van der Waals surface area contributed by atoms with Crippen LogP contribution in [0.5, 0.6) is 0 Å². The number of thiocarbonyl (C=S) groups is 2. The highest BCUT2D eigenvalue weighted by molar-refractivity contribution is 7.93. The topological polar surface area (TPSA) is 0 Å². The van der Waals surface area contributed by atoms with Gasteiger partial charge in [-0.25, -0.2) is 0 Å². The molecular formula is C11H16S3. The van der Waals surface area contributed by atoms with Gasteiger partial charge in [0.15, 0.2) is 0 Å². The molecule has 0 nitrogen and oxygen atoms in total. The largest absolute Gasteiger partial charge is 0.152 e. The zero-order valence-corrected chi connectivity index (χ0v) is 10.9. The van der Waals surface area contributed by atoms with E-state index < -0.39 is 0 Å². The maximum Gasteiger partial charge on any atom is 0.0297 e. The van der Waals surface area contributed by atoms with Crippen molar-refractivity contribution >= 4 is 40.1 Å². The smallest absolute Gasteiger partial charge is 0.0297 e. The van der Waals surface area contributed by atoms with Crippen LogP contribution in [0, 0.1) is 0 Å². The Kier molecular flexibility index (Phi) is 10.9. The van der Waals surface area contributed by atoms with Gasteiger partial charge < -0.3 is 0 Å². The number of hydrogen-bond acceptors (Lipinski definition) is 3. The first kappa shape index (κ1) is 13.9. The summed E-state index contributed by atoms with van der Waals surface area (Å²) in [6.45, 7) is 2.25. The monoisotopic (exact) mass is 244 g/mol. The van der Waals surface area contributed by atoms with Crippen LogP contribution in [0.25, 0.3) is 0 Å². The van der Waals surface area contributed by atoms with Crippen LogP contribution in [0.4, 0.5) is 0 Å². The summed E-state index contributed by atoms with van der Waals surface area (Å²) >= 11 is 9.72. The Hall–Kier alpha value is -0.0800. The van der Waals surface area contributed by atoms with Crippen LogP contribution in [-0.2, 0) is 6.42 Å². The predicted octanol–water partition coefficient (Wildman–Crippen LogP) is 4.89. The van der Waals surface area contributed by atoms with Crippen LogP contribution >= 0.6 is 35.8 Å². The van der Waals surface area contributed by atoms with E-state index in [0.29, 0.717) is 0 Å². The number of rotatable bonds is 5. The summed E-state index contributed by atoms with van der Waals surface area (Å²) < 4.78 is 1.92. The molecule has 1 aromatic rings. The van der Waals surface area contributed by atoms with E-state index in [-0.39, 0.29) is 0 Å². The number of hydrogen-bond donors (Lipinski definition) is 0. The molecule has 3 heteroatoms. The van der Waals surface area contributed by atoms with Crippen molar-refractivity contribution in [3.8, 4) is 0 Å². The molecule has 0 radical (unpaired) electrons. The molecule has 0 unspecified atom stereocenters. The zero-order valence-electron chi connectivity index (χ0n) is 8.49. The molecule has 1 aromatic heterocycles. The first-order chi connectivity index (χ1) is 6.85. The summed E-state index contributed by atoms with van der Waals surface area (Å²) in [6.07, 6.45) is 6.77. The van der Waals surface area contributed by atoms with Crippen LogP contribution < -0.4 is 0 Å². The maximum atomic E-state index is 3.96. The molecule has 0 spiro atoms. The van der Waals surface area contributed by atoms with Gasteiger partial charge in [-0.3, -0.25) is 0 Å². The van der Waals surface area contributed by atoms with Crippen molar-refractivity contribution in [2.45, 2.75) is 39.0 Å². The Labute approximate surface area is 101 Å². The molecule has 1 heterocycles. The average Bonchev–Trinajstić information content (AvgIpc) is 2.66. The second-order valence-corrected chi connectivity index (χ2v) is 4.47. The highest BCUT2D eigenvalue weighted by Gasteiger charge is 1.91. The number of aryl methyl sites for hydroxylation is 1. The van der Waals surface area contributed by atoms with E-state index in [4.69, 9.17) is 0 Å². The van der Waals surface area contributed by atoms with E-state index in [0.717, 1.165) is 0 Å². The molecule has 0 aliphatic rings. The van der Waals surface area contributed by atoms with Crippen LogP contribution in [0.2, 0.25) is 0 Å². The van der Waals surface area contributed by atoms with Crippen LogP contribution in [0.1, 0.15) is 38.2 Å². The fourth-order valence-corrected chi connectivity index (χ4v) is 1.89. The van der Waals surface area contributed by atoms with Gasteiger partial charge in [0.2, 0.25) is 0 Å². The van der Waals surface area contributed by atoms with E-state index in [2.05, 4.69) is 48.2 Å². The van der Waals surface area contributed by atoms with E-state index in [1.807, 2.05) is 4.31 Å². The first-order valence-corrected chi connectivity index (χ1v) is 6.61. The van der Waals surface area contributed by atoms with E-state index in [9.17, 15) is 0 Å². The Balaban J connectivity index is 0.000000500. The Bertz CT molecular complexity index is 233. The van der Waals surface area contributed by atoms with E-state index >= 15 is 0 Å².